The molecular formula is C19H11ClN6OS. The number of fused-ring (bicyclic) bond motifs is 2. The number of benzene rings is 3. The van der Waals surface area contributed by atoms with Gasteiger partial charge in [0.15, 0.2) is 0 Å². The van der Waals surface area contributed by atoms with Crippen molar-refractivity contribution in [2.75, 3.05) is 5.32 Å². The van der Waals surface area contributed by atoms with Crippen LogP contribution in [-0.2, 0) is 0 Å². The third-order valence-electron chi connectivity index (χ3n) is 4.22. The second-order valence-electron chi connectivity index (χ2n) is 6.07. The molecule has 3 aromatic carbocycles. The molecule has 0 radical (unpaired) electrons. The van der Waals surface area contributed by atoms with Crippen molar-refractivity contribution >= 4 is 57.0 Å². The van der Waals surface area contributed by atoms with E-state index in [0.29, 0.717) is 32.8 Å². The van der Waals surface area contributed by atoms with Gasteiger partial charge >= 0.3 is 0 Å². The third-order valence-corrected chi connectivity index (χ3v) is 5.09. The maximum Gasteiger partial charge on any atom is 0.255 e. The number of carbonyl (C=O) groups excluding carboxylic acids is 1. The van der Waals surface area contributed by atoms with Crippen molar-refractivity contribution in [1.29, 1.82) is 0 Å². The van der Waals surface area contributed by atoms with E-state index in [0.717, 1.165) is 22.9 Å². The number of amides is 1. The Bertz CT molecular complexity index is 1330. The van der Waals surface area contributed by atoms with Crippen molar-refractivity contribution in [1.82, 2.24) is 23.7 Å². The predicted octanol–water partition coefficient (Wildman–Crippen LogP) is 4.33. The standard InChI is InChI=1S/C19H11ClN6OS/c20-13-9-16-17(23-26(22-16)12-4-2-1-3-5-12)10-15(13)21-19(27)11-6-7-14-18(8-11)25-28-24-14/h1-10H,(H,21,27). The molecule has 0 bridgehead atoms. The summed E-state index contributed by atoms with van der Waals surface area (Å²) < 4.78 is 8.30. The van der Waals surface area contributed by atoms with Gasteiger partial charge in [0.25, 0.3) is 5.91 Å². The summed E-state index contributed by atoms with van der Waals surface area (Å²) in [7, 11) is 0. The number of anilines is 1. The number of halogens is 1. The fourth-order valence-corrected chi connectivity index (χ4v) is 3.55. The molecule has 0 saturated heterocycles. The molecule has 0 atom stereocenters. The molecule has 5 rings (SSSR count). The highest BCUT2D eigenvalue weighted by Gasteiger charge is 2.14. The van der Waals surface area contributed by atoms with E-state index in [1.165, 1.54) is 4.80 Å². The van der Waals surface area contributed by atoms with Gasteiger partial charge < -0.3 is 5.32 Å². The second-order valence-corrected chi connectivity index (χ2v) is 7.00. The molecule has 0 aliphatic heterocycles. The lowest BCUT2D eigenvalue weighted by molar-refractivity contribution is 0.102. The topological polar surface area (TPSA) is 85.6 Å². The quantitative estimate of drug-likeness (QED) is 0.482. The number of hydrogen-bond acceptors (Lipinski definition) is 6. The molecule has 2 heterocycles. The minimum Gasteiger partial charge on any atom is -0.321 e. The number of carbonyl (C=O) groups is 1. The number of hydrogen-bond donors (Lipinski definition) is 1. The lowest BCUT2D eigenvalue weighted by atomic mass is 10.2. The fourth-order valence-electron chi connectivity index (χ4n) is 2.83. The van der Waals surface area contributed by atoms with Crippen molar-refractivity contribution in [2.24, 2.45) is 0 Å². The van der Waals surface area contributed by atoms with E-state index in [1.807, 2.05) is 30.3 Å². The summed E-state index contributed by atoms with van der Waals surface area (Å²) in [6.07, 6.45) is 0. The van der Waals surface area contributed by atoms with Crippen LogP contribution in [0, 0.1) is 0 Å². The lowest BCUT2D eigenvalue weighted by Crippen LogP contribution is -2.12. The zero-order valence-corrected chi connectivity index (χ0v) is 15.8. The second kappa shape index (κ2) is 6.66. The normalized spacial score (nSPS) is 11.2. The zero-order chi connectivity index (χ0) is 19.1. The van der Waals surface area contributed by atoms with Gasteiger partial charge in [0.1, 0.15) is 22.1 Å². The van der Waals surface area contributed by atoms with Gasteiger partial charge in [-0.25, -0.2) is 0 Å². The molecule has 5 aromatic rings. The Kier molecular flexibility index (Phi) is 4.00. The molecule has 0 unspecified atom stereocenters. The van der Waals surface area contributed by atoms with Crippen LogP contribution in [0.1, 0.15) is 10.4 Å². The van der Waals surface area contributed by atoms with Gasteiger partial charge in [-0.3, -0.25) is 4.79 Å². The maximum atomic E-state index is 12.6. The number of rotatable bonds is 3. The Morgan fingerprint density at radius 3 is 2.46 bits per heavy atom. The van der Waals surface area contributed by atoms with Gasteiger partial charge in [-0.15, -0.1) is 10.2 Å². The largest absolute Gasteiger partial charge is 0.321 e. The van der Waals surface area contributed by atoms with Crippen LogP contribution in [0.5, 0.6) is 0 Å². The molecule has 0 aliphatic rings. The van der Waals surface area contributed by atoms with Crippen LogP contribution < -0.4 is 5.32 Å². The number of nitrogens with one attached hydrogen (secondary N) is 1. The Balaban J connectivity index is 1.48. The number of nitrogens with zero attached hydrogens (tertiary/aromatic N) is 5. The average molecular weight is 407 g/mol. The first-order chi connectivity index (χ1) is 13.7. The first kappa shape index (κ1) is 16.8. The van der Waals surface area contributed by atoms with Crippen LogP contribution in [0.25, 0.3) is 27.8 Å². The summed E-state index contributed by atoms with van der Waals surface area (Å²) in [6, 6.07) is 18.1. The third kappa shape index (κ3) is 2.98. The molecule has 2 aromatic heterocycles. The van der Waals surface area contributed by atoms with Crippen LogP contribution in [-0.4, -0.2) is 29.6 Å². The average Bonchev–Trinajstić information content (AvgIpc) is 3.34. The Hall–Kier alpha value is -3.36. The van der Waals surface area contributed by atoms with E-state index in [-0.39, 0.29) is 5.91 Å². The van der Waals surface area contributed by atoms with E-state index in [9.17, 15) is 4.79 Å². The Morgan fingerprint density at radius 1 is 0.893 bits per heavy atom. The molecule has 1 amide bonds. The molecule has 136 valence electrons. The van der Waals surface area contributed by atoms with Crippen LogP contribution >= 0.6 is 23.3 Å². The van der Waals surface area contributed by atoms with Gasteiger partial charge in [0.2, 0.25) is 0 Å². The maximum absolute atomic E-state index is 12.6. The minimum atomic E-state index is -0.286. The highest BCUT2D eigenvalue weighted by molar-refractivity contribution is 7.00. The van der Waals surface area contributed by atoms with Crippen molar-refractivity contribution in [3.63, 3.8) is 0 Å². The molecule has 28 heavy (non-hydrogen) atoms. The number of para-hydroxylation sites is 1. The molecule has 7 nitrogen and oxygen atoms in total. The molecule has 0 saturated carbocycles. The Labute approximate surface area is 167 Å². The van der Waals surface area contributed by atoms with Crippen LogP contribution in [0.15, 0.2) is 60.7 Å². The minimum absolute atomic E-state index is 0.286. The SMILES string of the molecule is O=C(Nc1cc2nn(-c3ccccc3)nc2cc1Cl)c1ccc2nsnc2c1. The summed E-state index contributed by atoms with van der Waals surface area (Å²) >= 11 is 7.47. The summed E-state index contributed by atoms with van der Waals surface area (Å²) in [5.74, 6) is -0.286. The molecule has 0 spiro atoms. The summed E-state index contributed by atoms with van der Waals surface area (Å²) in [6.45, 7) is 0. The molecule has 0 aliphatic carbocycles. The predicted molar refractivity (Wildman–Crippen MR) is 109 cm³/mol. The first-order valence-electron chi connectivity index (χ1n) is 8.33. The van der Waals surface area contributed by atoms with Crippen LogP contribution in [0.4, 0.5) is 5.69 Å². The van der Waals surface area contributed by atoms with Crippen molar-refractivity contribution in [3.05, 3.63) is 71.2 Å². The van der Waals surface area contributed by atoms with E-state index in [2.05, 4.69) is 24.3 Å². The van der Waals surface area contributed by atoms with E-state index in [1.54, 1.807) is 30.3 Å². The van der Waals surface area contributed by atoms with Crippen molar-refractivity contribution < 1.29 is 4.79 Å². The first-order valence-corrected chi connectivity index (χ1v) is 9.44. The molecule has 0 fully saturated rings. The van der Waals surface area contributed by atoms with Crippen molar-refractivity contribution in [3.8, 4) is 5.69 Å². The van der Waals surface area contributed by atoms with Gasteiger partial charge in [-0.05, 0) is 42.5 Å². The summed E-state index contributed by atoms with van der Waals surface area (Å²) in [5.41, 5.74) is 4.50. The molecule has 9 heteroatoms. The Morgan fingerprint density at radius 2 is 1.64 bits per heavy atom. The van der Waals surface area contributed by atoms with Crippen LogP contribution in [0.2, 0.25) is 5.02 Å². The van der Waals surface area contributed by atoms with Gasteiger partial charge in [-0.2, -0.15) is 13.5 Å². The smallest absolute Gasteiger partial charge is 0.255 e. The number of aromatic nitrogens is 5. The van der Waals surface area contributed by atoms with E-state index < -0.39 is 0 Å². The van der Waals surface area contributed by atoms with E-state index in [4.69, 9.17) is 11.6 Å². The lowest BCUT2D eigenvalue weighted by Gasteiger charge is -2.07. The zero-order valence-electron chi connectivity index (χ0n) is 14.2. The highest BCUT2D eigenvalue weighted by atomic mass is 35.5. The monoisotopic (exact) mass is 406 g/mol. The van der Waals surface area contributed by atoms with Crippen molar-refractivity contribution in [2.45, 2.75) is 0 Å². The van der Waals surface area contributed by atoms with E-state index >= 15 is 0 Å². The fraction of sp³-hybridized carbons (Fsp3) is 0. The summed E-state index contributed by atoms with van der Waals surface area (Å²) in [5, 5.41) is 12.1. The van der Waals surface area contributed by atoms with Gasteiger partial charge in [0.05, 0.1) is 28.1 Å². The summed E-state index contributed by atoms with van der Waals surface area (Å²) in [4.78, 5) is 14.2. The highest BCUT2D eigenvalue weighted by Crippen LogP contribution is 2.27. The molecule has 1 N–H and O–H groups in total. The molecular weight excluding hydrogens is 396 g/mol. The van der Waals surface area contributed by atoms with Gasteiger partial charge in [-0.1, -0.05) is 29.8 Å². The van der Waals surface area contributed by atoms with Gasteiger partial charge in [0, 0.05) is 5.56 Å². The van der Waals surface area contributed by atoms with Crippen LogP contribution in [0.3, 0.4) is 0 Å².